The molecule has 1 aliphatic heterocycles. The SMILES string of the molecule is Cc1nc(N)c2[nH]c(C)c(CCCCCCN3CCCC(O)C3)c2n1. The van der Waals surface area contributed by atoms with Crippen molar-refractivity contribution >= 4 is 16.9 Å². The van der Waals surface area contributed by atoms with Crippen LogP contribution in [0.5, 0.6) is 0 Å². The third-order valence-electron chi connectivity index (χ3n) is 5.23. The number of fused-ring (bicyclic) bond motifs is 1. The third-order valence-corrected chi connectivity index (χ3v) is 5.23. The normalized spacial score (nSPS) is 18.9. The number of piperidine rings is 1. The molecule has 0 aliphatic carbocycles. The lowest BCUT2D eigenvalue weighted by Crippen LogP contribution is -2.38. The molecule has 0 saturated carbocycles. The van der Waals surface area contributed by atoms with Crippen LogP contribution in [-0.4, -0.2) is 50.7 Å². The average molecular weight is 345 g/mol. The summed E-state index contributed by atoms with van der Waals surface area (Å²) in [5, 5.41) is 9.71. The predicted octanol–water partition coefficient (Wildman–Crippen LogP) is 2.72. The molecule has 0 spiro atoms. The van der Waals surface area contributed by atoms with Crippen molar-refractivity contribution in [3.8, 4) is 0 Å². The van der Waals surface area contributed by atoms with Crippen molar-refractivity contribution in [2.75, 3.05) is 25.4 Å². The molecule has 3 heterocycles. The van der Waals surface area contributed by atoms with Crippen molar-refractivity contribution in [1.82, 2.24) is 19.9 Å². The first-order valence-electron chi connectivity index (χ1n) is 9.56. The third kappa shape index (κ3) is 4.50. The molecular formula is C19H31N5O. The number of aromatic nitrogens is 3. The minimum absolute atomic E-state index is 0.114. The minimum atomic E-state index is -0.114. The van der Waals surface area contributed by atoms with Gasteiger partial charge in [-0.15, -0.1) is 0 Å². The summed E-state index contributed by atoms with van der Waals surface area (Å²) in [6.07, 6.45) is 7.86. The number of hydrogen-bond acceptors (Lipinski definition) is 5. The number of aliphatic hydroxyl groups excluding tert-OH is 1. The molecule has 1 saturated heterocycles. The summed E-state index contributed by atoms with van der Waals surface area (Å²) in [5.74, 6) is 1.27. The monoisotopic (exact) mass is 345 g/mol. The van der Waals surface area contributed by atoms with Crippen LogP contribution in [0, 0.1) is 13.8 Å². The van der Waals surface area contributed by atoms with E-state index in [-0.39, 0.29) is 6.10 Å². The Hall–Kier alpha value is -1.66. The van der Waals surface area contributed by atoms with Gasteiger partial charge in [0.15, 0.2) is 5.82 Å². The maximum Gasteiger partial charge on any atom is 0.151 e. The van der Waals surface area contributed by atoms with Crippen LogP contribution in [0.15, 0.2) is 0 Å². The van der Waals surface area contributed by atoms with E-state index in [0.717, 1.165) is 61.4 Å². The fourth-order valence-corrected chi connectivity index (χ4v) is 3.91. The molecule has 0 bridgehead atoms. The fraction of sp³-hybridized carbons (Fsp3) is 0.684. The Morgan fingerprint density at radius 1 is 1.20 bits per heavy atom. The van der Waals surface area contributed by atoms with Crippen LogP contribution in [-0.2, 0) is 6.42 Å². The number of likely N-dealkylation sites (tertiary alicyclic amines) is 1. The van der Waals surface area contributed by atoms with Crippen molar-refractivity contribution in [3.05, 3.63) is 17.1 Å². The zero-order chi connectivity index (χ0) is 17.8. The van der Waals surface area contributed by atoms with E-state index in [0.29, 0.717) is 5.82 Å². The summed E-state index contributed by atoms with van der Waals surface area (Å²) in [6, 6.07) is 0. The number of aromatic amines is 1. The number of aryl methyl sites for hydroxylation is 3. The Bertz CT molecular complexity index is 711. The molecule has 1 atom stereocenters. The Morgan fingerprint density at radius 3 is 2.80 bits per heavy atom. The molecule has 138 valence electrons. The van der Waals surface area contributed by atoms with Crippen LogP contribution >= 0.6 is 0 Å². The molecular weight excluding hydrogens is 314 g/mol. The lowest BCUT2D eigenvalue weighted by Gasteiger charge is -2.29. The number of nitrogen functional groups attached to an aromatic ring is 1. The van der Waals surface area contributed by atoms with E-state index in [1.165, 1.54) is 31.2 Å². The zero-order valence-corrected chi connectivity index (χ0v) is 15.5. The number of aliphatic hydroxyl groups is 1. The molecule has 0 aromatic carbocycles. The highest BCUT2D eigenvalue weighted by Crippen LogP contribution is 2.25. The lowest BCUT2D eigenvalue weighted by atomic mass is 10.0. The quantitative estimate of drug-likeness (QED) is 0.671. The average Bonchev–Trinajstić information content (AvgIpc) is 2.87. The number of anilines is 1. The molecule has 25 heavy (non-hydrogen) atoms. The summed E-state index contributed by atoms with van der Waals surface area (Å²) < 4.78 is 0. The number of nitrogens with one attached hydrogen (secondary N) is 1. The van der Waals surface area contributed by atoms with E-state index in [4.69, 9.17) is 5.73 Å². The number of nitrogens with two attached hydrogens (primary N) is 1. The highest BCUT2D eigenvalue weighted by atomic mass is 16.3. The first kappa shape index (κ1) is 18.1. The van der Waals surface area contributed by atoms with E-state index in [1.807, 2.05) is 6.92 Å². The van der Waals surface area contributed by atoms with E-state index in [1.54, 1.807) is 0 Å². The summed E-state index contributed by atoms with van der Waals surface area (Å²) in [4.78, 5) is 14.6. The molecule has 1 fully saturated rings. The second-order valence-corrected chi connectivity index (χ2v) is 7.37. The molecule has 0 radical (unpaired) electrons. The number of nitrogens with zero attached hydrogens (tertiary/aromatic N) is 3. The van der Waals surface area contributed by atoms with Crippen LogP contribution in [0.1, 0.15) is 55.6 Å². The highest BCUT2D eigenvalue weighted by Gasteiger charge is 2.17. The molecule has 2 aromatic heterocycles. The van der Waals surface area contributed by atoms with Crippen molar-refractivity contribution in [2.45, 2.75) is 64.9 Å². The predicted molar refractivity (Wildman–Crippen MR) is 102 cm³/mol. The Balaban J connectivity index is 1.45. The van der Waals surface area contributed by atoms with E-state index < -0.39 is 0 Å². The number of rotatable bonds is 7. The minimum Gasteiger partial charge on any atom is -0.392 e. The first-order chi connectivity index (χ1) is 12.0. The van der Waals surface area contributed by atoms with Gasteiger partial charge in [0.05, 0.1) is 11.6 Å². The standard InChI is InChI=1S/C19H31N5O/c1-13-16(17-18(21-13)19(20)23-14(2)22-17)9-5-3-4-6-10-24-11-7-8-15(25)12-24/h15,21,25H,3-12H2,1-2H3,(H2,20,22,23). The largest absolute Gasteiger partial charge is 0.392 e. The molecule has 6 heteroatoms. The van der Waals surface area contributed by atoms with E-state index in [9.17, 15) is 5.11 Å². The van der Waals surface area contributed by atoms with E-state index in [2.05, 4.69) is 26.8 Å². The van der Waals surface area contributed by atoms with Crippen molar-refractivity contribution in [3.63, 3.8) is 0 Å². The van der Waals surface area contributed by atoms with Gasteiger partial charge in [-0.1, -0.05) is 12.8 Å². The maximum atomic E-state index is 9.71. The van der Waals surface area contributed by atoms with E-state index >= 15 is 0 Å². The molecule has 1 aliphatic rings. The van der Waals surface area contributed by atoms with Gasteiger partial charge in [0, 0.05) is 12.2 Å². The molecule has 2 aromatic rings. The van der Waals surface area contributed by atoms with Gasteiger partial charge in [-0.2, -0.15) is 0 Å². The van der Waals surface area contributed by atoms with Gasteiger partial charge in [0.25, 0.3) is 0 Å². The Labute approximate surface area is 149 Å². The smallest absolute Gasteiger partial charge is 0.151 e. The van der Waals surface area contributed by atoms with Crippen LogP contribution in [0.2, 0.25) is 0 Å². The van der Waals surface area contributed by atoms with Gasteiger partial charge >= 0.3 is 0 Å². The van der Waals surface area contributed by atoms with Gasteiger partial charge < -0.3 is 20.7 Å². The molecule has 1 unspecified atom stereocenters. The molecule has 4 N–H and O–H groups in total. The summed E-state index contributed by atoms with van der Waals surface area (Å²) >= 11 is 0. The Kier molecular flexibility index (Phi) is 5.91. The van der Waals surface area contributed by atoms with Crippen molar-refractivity contribution < 1.29 is 5.11 Å². The van der Waals surface area contributed by atoms with Crippen LogP contribution in [0.3, 0.4) is 0 Å². The van der Waals surface area contributed by atoms with Gasteiger partial charge in [-0.25, -0.2) is 9.97 Å². The van der Waals surface area contributed by atoms with Gasteiger partial charge in [-0.05, 0) is 64.6 Å². The molecule has 3 rings (SSSR count). The highest BCUT2D eigenvalue weighted by molar-refractivity contribution is 5.88. The molecule has 6 nitrogen and oxygen atoms in total. The topological polar surface area (TPSA) is 91.1 Å². The molecule has 0 amide bonds. The Morgan fingerprint density at radius 2 is 2.00 bits per heavy atom. The maximum absolute atomic E-state index is 9.71. The van der Waals surface area contributed by atoms with Gasteiger partial charge in [-0.3, -0.25) is 0 Å². The fourth-order valence-electron chi connectivity index (χ4n) is 3.91. The first-order valence-corrected chi connectivity index (χ1v) is 9.56. The van der Waals surface area contributed by atoms with Crippen molar-refractivity contribution in [1.29, 1.82) is 0 Å². The van der Waals surface area contributed by atoms with Crippen molar-refractivity contribution in [2.24, 2.45) is 0 Å². The number of hydrogen-bond donors (Lipinski definition) is 3. The van der Waals surface area contributed by atoms with Crippen LogP contribution in [0.4, 0.5) is 5.82 Å². The number of H-pyrrole nitrogens is 1. The second-order valence-electron chi connectivity index (χ2n) is 7.37. The number of β-amino-alcohol motifs (C(OH)–C–C–N with tert-alkyl or cyclic N) is 1. The summed E-state index contributed by atoms with van der Waals surface area (Å²) in [7, 11) is 0. The summed E-state index contributed by atoms with van der Waals surface area (Å²) in [6.45, 7) is 7.10. The van der Waals surface area contributed by atoms with Crippen LogP contribution < -0.4 is 5.73 Å². The lowest BCUT2D eigenvalue weighted by molar-refractivity contribution is 0.0698. The van der Waals surface area contributed by atoms with Gasteiger partial charge in [0.1, 0.15) is 11.3 Å². The van der Waals surface area contributed by atoms with Gasteiger partial charge in [0.2, 0.25) is 0 Å². The number of unbranched alkanes of at least 4 members (excludes halogenated alkanes) is 3. The zero-order valence-electron chi connectivity index (χ0n) is 15.5. The summed E-state index contributed by atoms with van der Waals surface area (Å²) in [5.41, 5.74) is 10.3. The second kappa shape index (κ2) is 8.15. The van der Waals surface area contributed by atoms with Crippen LogP contribution in [0.25, 0.3) is 11.0 Å².